The van der Waals surface area contributed by atoms with Gasteiger partial charge in [-0.3, -0.25) is 9.69 Å². The minimum atomic E-state index is -0.490. The quantitative estimate of drug-likeness (QED) is 0.837. The number of nitrogens with zero attached hydrogens (tertiary/aromatic N) is 1. The summed E-state index contributed by atoms with van der Waals surface area (Å²) in [5.74, 6) is 0.0142. The highest BCUT2D eigenvalue weighted by Gasteiger charge is 2.23. The molecule has 1 aliphatic heterocycles. The van der Waals surface area contributed by atoms with Gasteiger partial charge in [0.15, 0.2) is 0 Å². The number of piperidine rings is 1. The molecule has 3 rings (SSSR count). The number of rotatable bonds is 4. The Labute approximate surface area is 147 Å². The van der Waals surface area contributed by atoms with Crippen molar-refractivity contribution in [2.75, 3.05) is 32.1 Å². The molecule has 1 saturated heterocycles. The number of benzene rings is 1. The van der Waals surface area contributed by atoms with Gasteiger partial charge in [0, 0.05) is 17.4 Å². The molecule has 1 amide bonds. The first-order valence-electron chi connectivity index (χ1n) is 8.70. The third-order valence-corrected chi connectivity index (χ3v) is 4.72. The highest BCUT2D eigenvalue weighted by atomic mass is 16.5. The molecular weight excluding hydrogens is 318 g/mol. The van der Waals surface area contributed by atoms with Gasteiger partial charge in [0.2, 0.25) is 5.91 Å². The van der Waals surface area contributed by atoms with Gasteiger partial charge in [0.05, 0.1) is 19.3 Å². The van der Waals surface area contributed by atoms with E-state index in [1.54, 1.807) is 0 Å². The summed E-state index contributed by atoms with van der Waals surface area (Å²) in [7, 11) is 1.33. The van der Waals surface area contributed by atoms with Gasteiger partial charge in [0.1, 0.15) is 5.69 Å². The first-order valence-corrected chi connectivity index (χ1v) is 8.70. The van der Waals surface area contributed by atoms with Gasteiger partial charge in [-0.05, 0) is 44.4 Å². The molecule has 2 N–H and O–H groups in total. The molecule has 6 nitrogen and oxygen atoms in total. The molecular formula is C19H25N3O3. The Bertz CT molecular complexity index is 797. The van der Waals surface area contributed by atoms with Crippen molar-refractivity contribution in [3.05, 3.63) is 29.5 Å². The fourth-order valence-corrected chi connectivity index (χ4v) is 3.50. The van der Waals surface area contributed by atoms with E-state index in [9.17, 15) is 9.59 Å². The van der Waals surface area contributed by atoms with Crippen molar-refractivity contribution < 1.29 is 14.3 Å². The molecule has 2 heterocycles. The summed E-state index contributed by atoms with van der Waals surface area (Å²) < 4.78 is 4.85. The first-order chi connectivity index (χ1) is 12.0. The zero-order chi connectivity index (χ0) is 18.0. The van der Waals surface area contributed by atoms with Gasteiger partial charge in [0.25, 0.3) is 0 Å². The lowest BCUT2D eigenvalue weighted by Gasteiger charge is -2.30. The number of anilines is 1. The van der Waals surface area contributed by atoms with Crippen molar-refractivity contribution in [3.8, 4) is 0 Å². The molecule has 0 radical (unpaired) electrons. The third kappa shape index (κ3) is 3.85. The number of aromatic nitrogens is 1. The molecule has 1 atom stereocenters. The molecule has 25 heavy (non-hydrogen) atoms. The zero-order valence-corrected chi connectivity index (χ0v) is 15.0. The SMILES string of the molecule is COC(=O)c1[nH]c2ccc(C)cc2c1NC(=O)CN1CCC[C@H](C)C1. The zero-order valence-electron chi connectivity index (χ0n) is 15.0. The summed E-state index contributed by atoms with van der Waals surface area (Å²) in [4.78, 5) is 29.9. The number of aromatic amines is 1. The summed E-state index contributed by atoms with van der Waals surface area (Å²) in [6.07, 6.45) is 2.33. The Morgan fingerprint density at radius 1 is 1.40 bits per heavy atom. The van der Waals surface area contributed by atoms with Crippen LogP contribution in [0.25, 0.3) is 10.9 Å². The number of hydrogen-bond donors (Lipinski definition) is 2. The summed E-state index contributed by atoms with van der Waals surface area (Å²) in [5.41, 5.74) is 2.64. The summed E-state index contributed by atoms with van der Waals surface area (Å²) in [6, 6.07) is 5.82. The molecule has 1 aromatic carbocycles. The van der Waals surface area contributed by atoms with Crippen LogP contribution in [0.2, 0.25) is 0 Å². The summed E-state index contributed by atoms with van der Waals surface area (Å²) in [5, 5.41) is 3.75. The number of aryl methyl sites for hydroxylation is 1. The second kappa shape index (κ2) is 7.27. The van der Waals surface area contributed by atoms with Crippen molar-refractivity contribution in [2.24, 2.45) is 5.92 Å². The van der Waals surface area contributed by atoms with Crippen LogP contribution in [-0.4, -0.2) is 48.5 Å². The average Bonchev–Trinajstić information content (AvgIpc) is 2.92. The number of likely N-dealkylation sites (tertiary alicyclic amines) is 1. The minimum absolute atomic E-state index is 0.110. The van der Waals surface area contributed by atoms with E-state index in [1.165, 1.54) is 13.5 Å². The Morgan fingerprint density at radius 2 is 2.20 bits per heavy atom. The van der Waals surface area contributed by atoms with E-state index in [0.717, 1.165) is 36.0 Å². The fourth-order valence-electron chi connectivity index (χ4n) is 3.50. The van der Waals surface area contributed by atoms with E-state index in [4.69, 9.17) is 4.74 Å². The number of fused-ring (bicyclic) bond motifs is 1. The lowest BCUT2D eigenvalue weighted by atomic mass is 10.0. The molecule has 0 spiro atoms. The maximum absolute atomic E-state index is 12.6. The van der Waals surface area contributed by atoms with Gasteiger partial charge in [-0.2, -0.15) is 0 Å². The predicted octanol–water partition coefficient (Wildman–Crippen LogP) is 2.93. The Hall–Kier alpha value is -2.34. The summed E-state index contributed by atoms with van der Waals surface area (Å²) in [6.45, 7) is 6.40. The molecule has 0 bridgehead atoms. The van der Waals surface area contributed by atoms with Crippen molar-refractivity contribution in [2.45, 2.75) is 26.7 Å². The Morgan fingerprint density at radius 3 is 2.92 bits per heavy atom. The average molecular weight is 343 g/mol. The molecule has 0 saturated carbocycles. The van der Waals surface area contributed by atoms with E-state index >= 15 is 0 Å². The molecule has 6 heteroatoms. The van der Waals surface area contributed by atoms with Gasteiger partial charge in [-0.1, -0.05) is 18.6 Å². The molecule has 134 valence electrons. The van der Waals surface area contributed by atoms with Crippen LogP contribution in [0.3, 0.4) is 0 Å². The maximum Gasteiger partial charge on any atom is 0.356 e. The van der Waals surface area contributed by atoms with Crippen LogP contribution in [0.5, 0.6) is 0 Å². The Balaban J connectivity index is 1.84. The van der Waals surface area contributed by atoms with E-state index < -0.39 is 5.97 Å². The number of amides is 1. The molecule has 1 aromatic heterocycles. The van der Waals surface area contributed by atoms with Crippen LogP contribution in [0, 0.1) is 12.8 Å². The topological polar surface area (TPSA) is 74.4 Å². The number of ether oxygens (including phenoxy) is 1. The van der Waals surface area contributed by atoms with Gasteiger partial charge < -0.3 is 15.0 Å². The van der Waals surface area contributed by atoms with Crippen molar-refractivity contribution in [1.29, 1.82) is 0 Å². The van der Waals surface area contributed by atoms with Crippen LogP contribution >= 0.6 is 0 Å². The van der Waals surface area contributed by atoms with Crippen LogP contribution in [0.1, 0.15) is 35.8 Å². The number of methoxy groups -OCH3 is 1. The lowest BCUT2D eigenvalue weighted by molar-refractivity contribution is -0.117. The van der Waals surface area contributed by atoms with E-state index in [0.29, 0.717) is 18.2 Å². The van der Waals surface area contributed by atoms with E-state index in [2.05, 4.69) is 22.1 Å². The smallest absolute Gasteiger partial charge is 0.356 e. The maximum atomic E-state index is 12.6. The van der Waals surface area contributed by atoms with Crippen LogP contribution in [0.4, 0.5) is 5.69 Å². The highest BCUT2D eigenvalue weighted by molar-refractivity contribution is 6.11. The standard InChI is InChI=1S/C19H25N3O3/c1-12-6-7-15-14(9-12)17(18(20-15)19(24)25-3)21-16(23)11-22-8-4-5-13(2)10-22/h6-7,9,13,20H,4-5,8,10-11H2,1-3H3,(H,21,23)/t13-/m0/s1. The van der Waals surface area contributed by atoms with Crippen LogP contribution < -0.4 is 5.32 Å². The predicted molar refractivity (Wildman–Crippen MR) is 97.8 cm³/mol. The first kappa shape index (κ1) is 17.5. The molecule has 0 unspecified atom stereocenters. The number of carbonyl (C=O) groups is 2. The number of nitrogens with one attached hydrogen (secondary N) is 2. The second-order valence-electron chi connectivity index (χ2n) is 6.95. The van der Waals surface area contributed by atoms with Gasteiger partial charge >= 0.3 is 5.97 Å². The molecule has 1 fully saturated rings. The number of hydrogen-bond acceptors (Lipinski definition) is 4. The van der Waals surface area contributed by atoms with Crippen molar-refractivity contribution >= 4 is 28.5 Å². The van der Waals surface area contributed by atoms with Gasteiger partial charge in [-0.25, -0.2) is 4.79 Å². The van der Waals surface area contributed by atoms with Crippen molar-refractivity contribution in [1.82, 2.24) is 9.88 Å². The molecule has 2 aromatic rings. The van der Waals surface area contributed by atoms with Crippen LogP contribution in [-0.2, 0) is 9.53 Å². The van der Waals surface area contributed by atoms with Crippen molar-refractivity contribution in [3.63, 3.8) is 0 Å². The normalized spacial score (nSPS) is 18.3. The van der Waals surface area contributed by atoms with E-state index in [-0.39, 0.29) is 11.6 Å². The second-order valence-corrected chi connectivity index (χ2v) is 6.95. The third-order valence-electron chi connectivity index (χ3n) is 4.72. The number of H-pyrrole nitrogens is 1. The fraction of sp³-hybridized carbons (Fsp3) is 0.474. The Kier molecular flexibility index (Phi) is 5.08. The number of carbonyl (C=O) groups excluding carboxylic acids is 2. The summed E-state index contributed by atoms with van der Waals surface area (Å²) >= 11 is 0. The number of esters is 1. The van der Waals surface area contributed by atoms with Gasteiger partial charge in [-0.15, -0.1) is 0 Å². The van der Waals surface area contributed by atoms with E-state index in [1.807, 2.05) is 25.1 Å². The largest absolute Gasteiger partial charge is 0.464 e. The minimum Gasteiger partial charge on any atom is -0.464 e. The van der Waals surface area contributed by atoms with Crippen LogP contribution in [0.15, 0.2) is 18.2 Å². The molecule has 1 aliphatic rings. The lowest BCUT2D eigenvalue weighted by Crippen LogP contribution is -2.39. The monoisotopic (exact) mass is 343 g/mol. The molecule has 0 aliphatic carbocycles. The highest BCUT2D eigenvalue weighted by Crippen LogP contribution is 2.29.